The molecule has 1 aromatic rings. The summed E-state index contributed by atoms with van der Waals surface area (Å²) in [5, 5.41) is 2.95. The molecule has 0 spiro atoms. The molecule has 1 aromatic carbocycles. The molecule has 1 aliphatic carbocycles. The van der Waals surface area contributed by atoms with Crippen LogP contribution in [0.1, 0.15) is 31.7 Å². The molecule has 1 aliphatic rings. The molecule has 0 aromatic heterocycles. The van der Waals surface area contributed by atoms with Crippen LogP contribution in [0.5, 0.6) is 0 Å². The van der Waals surface area contributed by atoms with Crippen LogP contribution in [0.3, 0.4) is 0 Å². The Morgan fingerprint density at radius 1 is 1.32 bits per heavy atom. The molecular formula is C15H22F2N2. The maximum atomic E-state index is 13.7. The van der Waals surface area contributed by atoms with Crippen molar-refractivity contribution in [1.29, 1.82) is 0 Å². The maximum absolute atomic E-state index is 13.7. The fourth-order valence-corrected chi connectivity index (χ4v) is 2.22. The highest BCUT2D eigenvalue weighted by Crippen LogP contribution is 2.40. The molecule has 1 fully saturated rings. The lowest BCUT2D eigenvalue weighted by molar-refractivity contribution is 0.180. The van der Waals surface area contributed by atoms with Crippen LogP contribution in [-0.2, 0) is 0 Å². The van der Waals surface area contributed by atoms with Crippen LogP contribution < -0.4 is 11.1 Å². The molecule has 2 nitrogen and oxygen atoms in total. The van der Waals surface area contributed by atoms with E-state index in [1.807, 2.05) is 0 Å². The summed E-state index contributed by atoms with van der Waals surface area (Å²) >= 11 is 0. The normalized spacial score (nSPS) is 16.0. The number of nitrogens with one attached hydrogen (secondary N) is 1. The molecular weight excluding hydrogens is 246 g/mol. The number of aryl methyl sites for hydroxylation is 1. The van der Waals surface area contributed by atoms with Crippen molar-refractivity contribution in [3.05, 3.63) is 36.4 Å². The van der Waals surface area contributed by atoms with Crippen LogP contribution in [0.15, 0.2) is 19.2 Å². The van der Waals surface area contributed by atoms with Crippen LogP contribution in [0.25, 0.3) is 0 Å². The van der Waals surface area contributed by atoms with Gasteiger partial charge in [-0.2, -0.15) is 0 Å². The van der Waals surface area contributed by atoms with Crippen molar-refractivity contribution in [3.63, 3.8) is 0 Å². The van der Waals surface area contributed by atoms with E-state index in [1.54, 1.807) is 0 Å². The van der Waals surface area contributed by atoms with Crippen molar-refractivity contribution in [2.24, 2.45) is 5.41 Å². The second-order valence-electron chi connectivity index (χ2n) is 5.30. The fraction of sp³-hybridized carbons (Fsp3) is 0.467. The molecule has 4 heteroatoms. The van der Waals surface area contributed by atoms with E-state index in [-0.39, 0.29) is 22.4 Å². The van der Waals surface area contributed by atoms with Crippen molar-refractivity contribution in [2.45, 2.75) is 33.1 Å². The maximum Gasteiger partial charge on any atom is 0.184 e. The summed E-state index contributed by atoms with van der Waals surface area (Å²) < 4.78 is 27.1. The van der Waals surface area contributed by atoms with Gasteiger partial charge >= 0.3 is 0 Å². The zero-order valence-corrected chi connectivity index (χ0v) is 11.7. The Bertz CT molecular complexity index is 454. The van der Waals surface area contributed by atoms with E-state index >= 15 is 0 Å². The van der Waals surface area contributed by atoms with Crippen molar-refractivity contribution >= 4 is 11.4 Å². The summed E-state index contributed by atoms with van der Waals surface area (Å²) in [4.78, 5) is 0. The zero-order chi connectivity index (χ0) is 14.6. The monoisotopic (exact) mass is 268 g/mol. The van der Waals surface area contributed by atoms with Gasteiger partial charge < -0.3 is 11.1 Å². The Kier molecular flexibility index (Phi) is 4.92. The van der Waals surface area contributed by atoms with Gasteiger partial charge in [-0.3, -0.25) is 0 Å². The number of nitrogen functional groups attached to an aromatic ring is 1. The third-order valence-corrected chi connectivity index (χ3v) is 3.67. The van der Waals surface area contributed by atoms with Crippen molar-refractivity contribution in [3.8, 4) is 0 Å². The van der Waals surface area contributed by atoms with Crippen molar-refractivity contribution < 1.29 is 8.78 Å². The third kappa shape index (κ3) is 3.25. The number of hydrogen-bond acceptors (Lipinski definition) is 2. The van der Waals surface area contributed by atoms with Gasteiger partial charge in [0, 0.05) is 6.54 Å². The number of nitrogens with two attached hydrogens (primary N) is 1. The minimum Gasteiger partial charge on any atom is -0.397 e. The van der Waals surface area contributed by atoms with Gasteiger partial charge in [-0.1, -0.05) is 13.3 Å². The van der Waals surface area contributed by atoms with E-state index in [0.717, 1.165) is 12.8 Å². The highest BCUT2D eigenvalue weighted by Gasteiger charge is 2.31. The molecule has 0 aliphatic heterocycles. The SMILES string of the molecule is C=C.Cc1cc(N)c(NCC2(C)CCC2)c(F)c1F. The first-order valence-corrected chi connectivity index (χ1v) is 6.41. The van der Waals surface area contributed by atoms with E-state index in [4.69, 9.17) is 5.73 Å². The highest BCUT2D eigenvalue weighted by molar-refractivity contribution is 5.68. The van der Waals surface area contributed by atoms with Gasteiger partial charge in [-0.05, 0) is 36.8 Å². The molecule has 1 saturated carbocycles. The molecule has 0 bridgehead atoms. The third-order valence-electron chi connectivity index (χ3n) is 3.67. The number of hydrogen-bond donors (Lipinski definition) is 2. The summed E-state index contributed by atoms with van der Waals surface area (Å²) in [6.45, 7) is 10.3. The van der Waals surface area contributed by atoms with Crippen LogP contribution in [0.2, 0.25) is 0 Å². The number of anilines is 2. The molecule has 0 radical (unpaired) electrons. The smallest absolute Gasteiger partial charge is 0.184 e. The van der Waals surface area contributed by atoms with E-state index < -0.39 is 11.6 Å². The summed E-state index contributed by atoms with van der Waals surface area (Å²) in [6.07, 6.45) is 3.45. The predicted octanol–water partition coefficient (Wildman–Crippen LogP) is 4.26. The van der Waals surface area contributed by atoms with Gasteiger partial charge in [0.25, 0.3) is 0 Å². The quantitative estimate of drug-likeness (QED) is 0.635. The van der Waals surface area contributed by atoms with E-state index in [1.165, 1.54) is 19.4 Å². The number of rotatable bonds is 3. The van der Waals surface area contributed by atoms with Gasteiger partial charge in [0.1, 0.15) is 0 Å². The molecule has 0 atom stereocenters. The summed E-state index contributed by atoms with van der Waals surface area (Å²) in [7, 11) is 0. The fourth-order valence-electron chi connectivity index (χ4n) is 2.22. The predicted molar refractivity (Wildman–Crippen MR) is 77.2 cm³/mol. The Morgan fingerprint density at radius 2 is 1.89 bits per heavy atom. The molecule has 19 heavy (non-hydrogen) atoms. The second kappa shape index (κ2) is 6.04. The standard InChI is InChI=1S/C13H18F2N2.C2H4/c1-8-6-9(16)12(11(15)10(8)14)17-7-13(2)4-3-5-13;1-2/h6,17H,3-5,7,16H2,1-2H3;1-2H2. The molecule has 3 N–H and O–H groups in total. The summed E-state index contributed by atoms with van der Waals surface area (Å²) in [5.41, 5.74) is 6.51. The lowest BCUT2D eigenvalue weighted by Gasteiger charge is -2.38. The van der Waals surface area contributed by atoms with Crippen LogP contribution in [-0.4, -0.2) is 6.54 Å². The molecule has 2 rings (SSSR count). The Balaban J connectivity index is 0.000000861. The highest BCUT2D eigenvalue weighted by atomic mass is 19.2. The van der Waals surface area contributed by atoms with E-state index in [2.05, 4.69) is 25.4 Å². The molecule has 0 saturated heterocycles. The first-order chi connectivity index (χ1) is 8.93. The Hall–Kier alpha value is -1.58. The molecule has 0 heterocycles. The Labute approximate surface area is 113 Å². The lowest BCUT2D eigenvalue weighted by atomic mass is 9.70. The average Bonchev–Trinajstić information content (AvgIpc) is 2.36. The number of halogens is 2. The van der Waals surface area contributed by atoms with Crippen LogP contribution in [0.4, 0.5) is 20.2 Å². The lowest BCUT2D eigenvalue weighted by Crippen LogP contribution is -2.33. The van der Waals surface area contributed by atoms with Gasteiger partial charge in [-0.15, -0.1) is 13.2 Å². The summed E-state index contributed by atoms with van der Waals surface area (Å²) in [6, 6.07) is 1.46. The minimum atomic E-state index is -0.870. The van der Waals surface area contributed by atoms with E-state index in [0.29, 0.717) is 6.54 Å². The van der Waals surface area contributed by atoms with Crippen molar-refractivity contribution in [2.75, 3.05) is 17.6 Å². The topological polar surface area (TPSA) is 38.0 Å². The molecule has 106 valence electrons. The average molecular weight is 268 g/mol. The van der Waals surface area contributed by atoms with Gasteiger partial charge in [0.2, 0.25) is 0 Å². The zero-order valence-electron chi connectivity index (χ0n) is 11.7. The first kappa shape index (κ1) is 15.5. The van der Waals surface area contributed by atoms with Crippen LogP contribution in [0, 0.1) is 24.0 Å². The molecule has 0 amide bonds. The number of benzene rings is 1. The molecule has 0 unspecified atom stereocenters. The first-order valence-electron chi connectivity index (χ1n) is 6.41. The second-order valence-corrected chi connectivity index (χ2v) is 5.30. The Morgan fingerprint density at radius 3 is 2.37 bits per heavy atom. The largest absolute Gasteiger partial charge is 0.397 e. The van der Waals surface area contributed by atoms with Gasteiger partial charge in [0.05, 0.1) is 11.4 Å². The summed E-state index contributed by atoms with van der Waals surface area (Å²) in [5.74, 6) is -1.69. The van der Waals surface area contributed by atoms with Gasteiger partial charge in [-0.25, -0.2) is 8.78 Å². The van der Waals surface area contributed by atoms with Crippen molar-refractivity contribution in [1.82, 2.24) is 0 Å². The van der Waals surface area contributed by atoms with Crippen LogP contribution >= 0.6 is 0 Å². The minimum absolute atomic E-state index is 0.0984. The van der Waals surface area contributed by atoms with Gasteiger partial charge in [0.15, 0.2) is 11.6 Å². The van der Waals surface area contributed by atoms with E-state index in [9.17, 15) is 8.78 Å².